The molecule has 2 saturated heterocycles. The van der Waals surface area contributed by atoms with Crippen LogP contribution in [0.4, 0.5) is 0 Å². The van der Waals surface area contributed by atoms with Crippen LogP contribution in [-0.2, 0) is 16.1 Å². The van der Waals surface area contributed by atoms with Crippen LogP contribution in [0.5, 0.6) is 0 Å². The number of amides is 2. The molecule has 1 aromatic carbocycles. The Bertz CT molecular complexity index is 723. The normalized spacial score (nSPS) is 20.7. The zero-order valence-electron chi connectivity index (χ0n) is 21.5. The SMILES string of the molecule is CCCCCCCCCCCCNC(=O)C1CCCN1C(=O)C1CCCN1Cc1ccccc1. The van der Waals surface area contributed by atoms with Gasteiger partial charge in [0, 0.05) is 19.6 Å². The van der Waals surface area contributed by atoms with E-state index in [9.17, 15) is 9.59 Å². The Kier molecular flexibility index (Phi) is 11.9. The molecule has 5 heteroatoms. The number of rotatable bonds is 15. The van der Waals surface area contributed by atoms with Gasteiger partial charge >= 0.3 is 0 Å². The Morgan fingerprint density at radius 2 is 1.44 bits per heavy atom. The van der Waals surface area contributed by atoms with E-state index in [1.807, 2.05) is 11.0 Å². The number of likely N-dealkylation sites (tertiary alicyclic amines) is 2. The maximum atomic E-state index is 13.4. The van der Waals surface area contributed by atoms with Gasteiger partial charge in [-0.05, 0) is 44.2 Å². The molecule has 3 rings (SSSR count). The predicted octanol–water partition coefficient (Wildman–Crippen LogP) is 5.68. The van der Waals surface area contributed by atoms with Crippen LogP contribution in [0.3, 0.4) is 0 Å². The number of hydrogen-bond acceptors (Lipinski definition) is 3. The van der Waals surface area contributed by atoms with Crippen molar-refractivity contribution in [1.82, 2.24) is 15.1 Å². The van der Waals surface area contributed by atoms with Gasteiger partial charge in [0.1, 0.15) is 6.04 Å². The lowest BCUT2D eigenvalue weighted by Crippen LogP contribution is -2.51. The molecule has 190 valence electrons. The number of carbonyl (C=O) groups is 2. The summed E-state index contributed by atoms with van der Waals surface area (Å²) in [6.07, 6.45) is 16.6. The first-order valence-corrected chi connectivity index (χ1v) is 14.1. The number of hydrogen-bond donors (Lipinski definition) is 1. The highest BCUT2D eigenvalue weighted by atomic mass is 16.2. The number of nitrogens with one attached hydrogen (secondary N) is 1. The first-order chi connectivity index (χ1) is 16.7. The second-order valence-corrected chi connectivity index (χ2v) is 10.3. The maximum absolute atomic E-state index is 13.4. The molecule has 2 unspecified atom stereocenters. The van der Waals surface area contributed by atoms with Crippen molar-refractivity contribution in [3.8, 4) is 0 Å². The van der Waals surface area contributed by atoms with Crippen molar-refractivity contribution < 1.29 is 9.59 Å². The molecule has 2 aliphatic rings. The molecule has 2 fully saturated rings. The van der Waals surface area contributed by atoms with Gasteiger partial charge in [-0.1, -0.05) is 95.0 Å². The second-order valence-electron chi connectivity index (χ2n) is 10.3. The van der Waals surface area contributed by atoms with Gasteiger partial charge in [0.2, 0.25) is 11.8 Å². The van der Waals surface area contributed by atoms with E-state index in [4.69, 9.17) is 0 Å². The van der Waals surface area contributed by atoms with Crippen LogP contribution in [0.15, 0.2) is 30.3 Å². The molecule has 1 aromatic rings. The molecule has 0 radical (unpaired) electrons. The Morgan fingerprint density at radius 3 is 2.15 bits per heavy atom. The number of nitrogens with zero attached hydrogens (tertiary/aromatic N) is 2. The van der Waals surface area contributed by atoms with Crippen LogP contribution < -0.4 is 5.32 Å². The van der Waals surface area contributed by atoms with Crippen molar-refractivity contribution in [2.45, 2.75) is 115 Å². The molecule has 2 atom stereocenters. The summed E-state index contributed by atoms with van der Waals surface area (Å²) < 4.78 is 0. The van der Waals surface area contributed by atoms with Crippen LogP contribution in [-0.4, -0.2) is 53.3 Å². The van der Waals surface area contributed by atoms with Gasteiger partial charge in [-0.25, -0.2) is 0 Å². The van der Waals surface area contributed by atoms with Gasteiger partial charge in [0.05, 0.1) is 6.04 Å². The summed E-state index contributed by atoms with van der Waals surface area (Å²) in [5.41, 5.74) is 1.24. The largest absolute Gasteiger partial charge is 0.354 e. The molecule has 0 aliphatic carbocycles. The monoisotopic (exact) mass is 469 g/mol. The number of benzene rings is 1. The van der Waals surface area contributed by atoms with Gasteiger partial charge in [-0.2, -0.15) is 0 Å². The summed E-state index contributed by atoms with van der Waals surface area (Å²) >= 11 is 0. The maximum Gasteiger partial charge on any atom is 0.242 e. The molecule has 2 aliphatic heterocycles. The van der Waals surface area contributed by atoms with Crippen LogP contribution >= 0.6 is 0 Å². The standard InChI is InChI=1S/C29H47N3O2/c1-2-3-4-5-6-7-8-9-10-14-21-30-28(33)26-19-16-23-32(26)29(34)27-20-15-22-31(27)24-25-17-12-11-13-18-25/h11-13,17-18,26-27H,2-10,14-16,19-24H2,1H3,(H,30,33). The van der Waals surface area contributed by atoms with Crippen molar-refractivity contribution in [1.29, 1.82) is 0 Å². The lowest BCUT2D eigenvalue weighted by molar-refractivity contribution is -0.142. The summed E-state index contributed by atoms with van der Waals surface area (Å²) in [6.45, 7) is 5.47. The van der Waals surface area contributed by atoms with Gasteiger partial charge < -0.3 is 10.2 Å². The van der Waals surface area contributed by atoms with Crippen LogP contribution in [0, 0.1) is 0 Å². The van der Waals surface area contributed by atoms with Crippen molar-refractivity contribution in [2.75, 3.05) is 19.6 Å². The van der Waals surface area contributed by atoms with Gasteiger partial charge in [-0.3, -0.25) is 14.5 Å². The van der Waals surface area contributed by atoms with E-state index < -0.39 is 0 Å². The molecule has 0 bridgehead atoms. The Morgan fingerprint density at radius 1 is 0.824 bits per heavy atom. The highest BCUT2D eigenvalue weighted by Crippen LogP contribution is 2.26. The average Bonchev–Trinajstić information content (AvgIpc) is 3.53. The van der Waals surface area contributed by atoms with Crippen LogP contribution in [0.1, 0.15) is 102 Å². The van der Waals surface area contributed by atoms with E-state index in [2.05, 4.69) is 41.4 Å². The van der Waals surface area contributed by atoms with Gasteiger partial charge in [0.15, 0.2) is 0 Å². The Balaban J connectivity index is 1.34. The smallest absolute Gasteiger partial charge is 0.242 e. The first-order valence-electron chi connectivity index (χ1n) is 14.1. The van der Waals surface area contributed by atoms with Gasteiger partial charge in [-0.15, -0.1) is 0 Å². The summed E-state index contributed by atoms with van der Waals surface area (Å²) in [7, 11) is 0. The minimum Gasteiger partial charge on any atom is -0.354 e. The average molecular weight is 470 g/mol. The second kappa shape index (κ2) is 15.2. The quantitative estimate of drug-likeness (QED) is 0.336. The molecule has 0 spiro atoms. The van der Waals surface area contributed by atoms with E-state index in [1.165, 1.54) is 63.4 Å². The summed E-state index contributed by atoms with van der Waals surface area (Å²) in [4.78, 5) is 30.5. The lowest BCUT2D eigenvalue weighted by Gasteiger charge is -2.31. The highest BCUT2D eigenvalue weighted by molar-refractivity contribution is 5.90. The molecule has 5 nitrogen and oxygen atoms in total. The highest BCUT2D eigenvalue weighted by Gasteiger charge is 2.40. The number of carbonyl (C=O) groups excluding carboxylic acids is 2. The molecule has 2 amide bonds. The molecule has 34 heavy (non-hydrogen) atoms. The molecule has 2 heterocycles. The zero-order chi connectivity index (χ0) is 24.0. The van der Waals surface area contributed by atoms with Crippen molar-refractivity contribution in [3.05, 3.63) is 35.9 Å². The van der Waals surface area contributed by atoms with Crippen LogP contribution in [0.2, 0.25) is 0 Å². The third-order valence-corrected chi connectivity index (χ3v) is 7.55. The third-order valence-electron chi connectivity index (χ3n) is 7.55. The molecular formula is C29H47N3O2. The summed E-state index contributed by atoms with van der Waals surface area (Å²) in [5, 5.41) is 3.13. The van der Waals surface area contributed by atoms with E-state index in [0.717, 1.165) is 51.7 Å². The van der Waals surface area contributed by atoms with Crippen molar-refractivity contribution in [2.24, 2.45) is 0 Å². The lowest BCUT2D eigenvalue weighted by atomic mass is 10.1. The minimum atomic E-state index is -0.283. The van der Waals surface area contributed by atoms with E-state index in [0.29, 0.717) is 6.54 Å². The Labute approximate surface area is 207 Å². The Hall–Kier alpha value is -1.88. The van der Waals surface area contributed by atoms with E-state index >= 15 is 0 Å². The predicted molar refractivity (Wildman–Crippen MR) is 139 cm³/mol. The molecule has 1 N–H and O–H groups in total. The molecular weight excluding hydrogens is 422 g/mol. The van der Waals surface area contributed by atoms with Gasteiger partial charge in [0.25, 0.3) is 0 Å². The zero-order valence-corrected chi connectivity index (χ0v) is 21.5. The molecule has 0 saturated carbocycles. The molecule has 0 aromatic heterocycles. The summed E-state index contributed by atoms with van der Waals surface area (Å²) in [6, 6.07) is 10.0. The third kappa shape index (κ3) is 8.41. The number of unbranched alkanes of at least 4 members (excludes halogenated alkanes) is 9. The van der Waals surface area contributed by atoms with E-state index in [-0.39, 0.29) is 23.9 Å². The van der Waals surface area contributed by atoms with E-state index in [1.54, 1.807) is 0 Å². The van der Waals surface area contributed by atoms with Crippen LogP contribution in [0.25, 0.3) is 0 Å². The first kappa shape index (κ1) is 26.7. The topological polar surface area (TPSA) is 52.7 Å². The fourth-order valence-corrected chi connectivity index (χ4v) is 5.55. The fourth-order valence-electron chi connectivity index (χ4n) is 5.55. The summed E-state index contributed by atoms with van der Waals surface area (Å²) in [5.74, 6) is 0.208. The minimum absolute atomic E-state index is 0.0504. The van der Waals surface area contributed by atoms with Crippen molar-refractivity contribution in [3.63, 3.8) is 0 Å². The van der Waals surface area contributed by atoms with Crippen molar-refractivity contribution >= 4 is 11.8 Å². The fraction of sp³-hybridized carbons (Fsp3) is 0.724.